The van der Waals surface area contributed by atoms with E-state index < -0.39 is 11.5 Å². The Balaban J connectivity index is 0.000000845. The van der Waals surface area contributed by atoms with Gasteiger partial charge in [-0.2, -0.15) is 0 Å². The molecule has 2 rings (SSSR count). The van der Waals surface area contributed by atoms with Crippen LogP contribution in [0.1, 0.15) is 32.1 Å². The Morgan fingerprint density at radius 3 is 2.08 bits per heavy atom. The van der Waals surface area contributed by atoms with Gasteiger partial charge in [0.05, 0.1) is 0 Å². The summed E-state index contributed by atoms with van der Waals surface area (Å²) in [5.74, 6) is -0.607. The number of likely N-dealkylation sites (tertiary alicyclic amines) is 1. The second kappa shape index (κ2) is 3.84. The Kier molecular flexibility index (Phi) is 3.19. The number of carboxylic acid groups (broad SMARTS) is 1. The van der Waals surface area contributed by atoms with E-state index in [1.807, 2.05) is 0 Å². The van der Waals surface area contributed by atoms with Crippen molar-refractivity contribution < 1.29 is 9.90 Å². The third-order valence-corrected chi connectivity index (χ3v) is 3.08. The predicted molar refractivity (Wildman–Crippen MR) is 52.3 cm³/mol. The average molecular weight is 206 g/mol. The van der Waals surface area contributed by atoms with Crippen LogP contribution in [-0.4, -0.2) is 34.6 Å². The van der Waals surface area contributed by atoms with Crippen molar-refractivity contribution in [1.29, 1.82) is 0 Å². The molecule has 0 aromatic rings. The van der Waals surface area contributed by atoms with Gasteiger partial charge in [-0.25, -0.2) is 0 Å². The molecule has 0 aromatic heterocycles. The van der Waals surface area contributed by atoms with E-state index in [4.69, 9.17) is 5.11 Å². The monoisotopic (exact) mass is 205 g/mol. The van der Waals surface area contributed by atoms with Crippen LogP contribution in [0.15, 0.2) is 0 Å². The normalized spacial score (nSPS) is 26.2. The fraction of sp³-hybridized carbons (Fsp3) is 0.889. The van der Waals surface area contributed by atoms with E-state index in [0.29, 0.717) is 0 Å². The lowest BCUT2D eigenvalue weighted by Gasteiger charge is -2.31. The van der Waals surface area contributed by atoms with Crippen molar-refractivity contribution >= 4 is 18.4 Å². The summed E-state index contributed by atoms with van der Waals surface area (Å²) in [5, 5.41) is 9.01. The molecule has 1 heterocycles. The number of piperidine rings is 1. The summed E-state index contributed by atoms with van der Waals surface area (Å²) in [7, 11) is 0. The molecule has 1 aliphatic heterocycles. The van der Waals surface area contributed by atoms with Crippen LogP contribution >= 0.6 is 12.4 Å². The van der Waals surface area contributed by atoms with E-state index >= 15 is 0 Å². The van der Waals surface area contributed by atoms with E-state index in [2.05, 4.69) is 4.90 Å². The molecule has 0 atom stereocenters. The lowest BCUT2D eigenvalue weighted by atomic mass is 10.1. The molecule has 1 N–H and O–H groups in total. The number of carboxylic acids is 1. The number of aliphatic carboxylic acids is 1. The highest BCUT2D eigenvalue weighted by atomic mass is 35.5. The SMILES string of the molecule is Cl.O=C(O)C1(N2CCCCC2)CC1. The highest BCUT2D eigenvalue weighted by molar-refractivity contribution is 5.85. The van der Waals surface area contributed by atoms with Crippen LogP contribution in [0.4, 0.5) is 0 Å². The maximum Gasteiger partial charge on any atom is 0.324 e. The minimum absolute atomic E-state index is 0. The summed E-state index contributed by atoms with van der Waals surface area (Å²) in [6.07, 6.45) is 5.35. The molecule has 1 aliphatic carbocycles. The van der Waals surface area contributed by atoms with Crippen molar-refractivity contribution in [2.45, 2.75) is 37.6 Å². The first-order chi connectivity index (χ1) is 5.76. The molecular weight excluding hydrogens is 190 g/mol. The fourth-order valence-electron chi connectivity index (χ4n) is 2.11. The molecule has 0 radical (unpaired) electrons. The average Bonchev–Trinajstić information content (AvgIpc) is 2.86. The molecule has 1 saturated heterocycles. The van der Waals surface area contributed by atoms with Crippen LogP contribution in [0, 0.1) is 0 Å². The Morgan fingerprint density at radius 1 is 1.15 bits per heavy atom. The van der Waals surface area contributed by atoms with Gasteiger partial charge in [0, 0.05) is 0 Å². The van der Waals surface area contributed by atoms with Crippen molar-refractivity contribution in [1.82, 2.24) is 4.90 Å². The number of nitrogens with zero attached hydrogens (tertiary/aromatic N) is 1. The molecule has 76 valence electrons. The summed E-state index contributed by atoms with van der Waals surface area (Å²) >= 11 is 0. The Morgan fingerprint density at radius 2 is 1.69 bits per heavy atom. The highest BCUT2D eigenvalue weighted by Crippen LogP contribution is 2.43. The minimum atomic E-state index is -0.607. The van der Waals surface area contributed by atoms with Crippen molar-refractivity contribution in [3.8, 4) is 0 Å². The van der Waals surface area contributed by atoms with Gasteiger partial charge in [-0.05, 0) is 38.8 Å². The van der Waals surface area contributed by atoms with E-state index in [0.717, 1.165) is 25.9 Å². The fourth-order valence-corrected chi connectivity index (χ4v) is 2.11. The van der Waals surface area contributed by atoms with Crippen molar-refractivity contribution in [3.63, 3.8) is 0 Å². The van der Waals surface area contributed by atoms with Crippen LogP contribution in [0.2, 0.25) is 0 Å². The standard InChI is InChI=1S/C9H15NO2.ClH/c11-8(12)9(4-5-9)10-6-2-1-3-7-10;/h1-7H2,(H,11,12);1H. The molecule has 0 aromatic carbocycles. The Bertz CT molecular complexity index is 198. The third kappa shape index (κ3) is 1.81. The first-order valence-electron chi connectivity index (χ1n) is 4.74. The van der Waals surface area contributed by atoms with E-state index in [1.165, 1.54) is 19.3 Å². The van der Waals surface area contributed by atoms with Crippen LogP contribution in [0.5, 0.6) is 0 Å². The summed E-state index contributed by atoms with van der Waals surface area (Å²) < 4.78 is 0. The molecule has 0 amide bonds. The number of halogens is 1. The summed E-state index contributed by atoms with van der Waals surface area (Å²) in [6, 6.07) is 0. The number of carbonyl (C=O) groups is 1. The van der Waals surface area contributed by atoms with Gasteiger partial charge in [0.25, 0.3) is 0 Å². The van der Waals surface area contributed by atoms with Crippen LogP contribution < -0.4 is 0 Å². The summed E-state index contributed by atoms with van der Waals surface area (Å²) in [5.41, 5.74) is -0.430. The molecule has 3 nitrogen and oxygen atoms in total. The molecule has 4 heteroatoms. The van der Waals surface area contributed by atoms with Crippen LogP contribution in [0.3, 0.4) is 0 Å². The quantitative estimate of drug-likeness (QED) is 0.743. The number of rotatable bonds is 2. The zero-order valence-electron chi connectivity index (χ0n) is 7.66. The van der Waals surface area contributed by atoms with Gasteiger partial charge < -0.3 is 5.11 Å². The zero-order chi connectivity index (χ0) is 8.60. The molecule has 0 bridgehead atoms. The van der Waals surface area contributed by atoms with Crippen molar-refractivity contribution in [2.75, 3.05) is 13.1 Å². The summed E-state index contributed by atoms with van der Waals surface area (Å²) in [6.45, 7) is 1.98. The van der Waals surface area contributed by atoms with Gasteiger partial charge in [0.15, 0.2) is 0 Å². The number of hydrogen-bond acceptors (Lipinski definition) is 2. The zero-order valence-corrected chi connectivity index (χ0v) is 8.48. The minimum Gasteiger partial charge on any atom is -0.480 e. The second-order valence-corrected chi connectivity index (χ2v) is 3.88. The van der Waals surface area contributed by atoms with Gasteiger partial charge >= 0.3 is 5.97 Å². The molecule has 13 heavy (non-hydrogen) atoms. The third-order valence-electron chi connectivity index (χ3n) is 3.08. The molecule has 2 aliphatic rings. The molecular formula is C9H16ClNO2. The van der Waals surface area contributed by atoms with E-state index in [-0.39, 0.29) is 12.4 Å². The maximum absolute atomic E-state index is 10.9. The largest absolute Gasteiger partial charge is 0.480 e. The lowest BCUT2D eigenvalue weighted by molar-refractivity contribution is -0.145. The summed E-state index contributed by atoms with van der Waals surface area (Å²) in [4.78, 5) is 13.1. The number of hydrogen-bond donors (Lipinski definition) is 1. The van der Waals surface area contributed by atoms with Crippen LogP contribution in [-0.2, 0) is 4.79 Å². The first-order valence-corrected chi connectivity index (χ1v) is 4.74. The van der Waals surface area contributed by atoms with Crippen molar-refractivity contribution in [2.24, 2.45) is 0 Å². The Hall–Kier alpha value is -0.280. The van der Waals surface area contributed by atoms with E-state index in [9.17, 15) is 4.79 Å². The topological polar surface area (TPSA) is 40.5 Å². The van der Waals surface area contributed by atoms with Crippen molar-refractivity contribution in [3.05, 3.63) is 0 Å². The van der Waals surface area contributed by atoms with Gasteiger partial charge in [-0.1, -0.05) is 6.42 Å². The van der Waals surface area contributed by atoms with Gasteiger partial charge in [-0.15, -0.1) is 12.4 Å². The van der Waals surface area contributed by atoms with E-state index in [1.54, 1.807) is 0 Å². The van der Waals surface area contributed by atoms with Gasteiger partial charge in [0.2, 0.25) is 0 Å². The van der Waals surface area contributed by atoms with Crippen LogP contribution in [0.25, 0.3) is 0 Å². The molecule has 0 spiro atoms. The molecule has 0 unspecified atom stereocenters. The maximum atomic E-state index is 10.9. The predicted octanol–water partition coefficient (Wildman–Crippen LogP) is 1.51. The molecule has 1 saturated carbocycles. The first kappa shape index (κ1) is 10.8. The molecule has 2 fully saturated rings. The highest BCUT2D eigenvalue weighted by Gasteiger charge is 2.54. The van der Waals surface area contributed by atoms with Gasteiger partial charge in [-0.3, -0.25) is 9.69 Å². The smallest absolute Gasteiger partial charge is 0.324 e. The second-order valence-electron chi connectivity index (χ2n) is 3.88. The lowest BCUT2D eigenvalue weighted by Crippen LogP contribution is -2.46. The van der Waals surface area contributed by atoms with Gasteiger partial charge in [0.1, 0.15) is 5.54 Å². The Labute approximate surface area is 84.5 Å².